The fourth-order valence-electron chi connectivity index (χ4n) is 8.45. The maximum atomic E-state index is 12.5. The zero-order chi connectivity index (χ0) is 45.1. The predicted octanol–water partition coefficient (Wildman–Crippen LogP) is 16.7. The van der Waals surface area contributed by atoms with Gasteiger partial charge in [-0.2, -0.15) is 0 Å². The number of carbonyl (C=O) groups is 2. The topological polar surface area (TPSA) is 95.9 Å². The summed E-state index contributed by atoms with van der Waals surface area (Å²) in [5, 5.41) is 23.1. The van der Waals surface area contributed by atoms with Gasteiger partial charge in [-0.05, 0) is 57.8 Å². The Hall–Kier alpha value is -1.66. The van der Waals surface area contributed by atoms with E-state index in [4.69, 9.17) is 4.74 Å². The van der Waals surface area contributed by atoms with E-state index in [1.54, 1.807) is 6.08 Å². The van der Waals surface area contributed by atoms with Gasteiger partial charge in [-0.3, -0.25) is 9.59 Å². The Balaban J connectivity index is 3.50. The Morgan fingerprint density at radius 3 is 1.16 bits per heavy atom. The second-order valence-corrected chi connectivity index (χ2v) is 18.9. The third kappa shape index (κ3) is 47.8. The molecule has 0 spiro atoms. The van der Waals surface area contributed by atoms with Crippen LogP contribution in [0.1, 0.15) is 296 Å². The molecule has 0 rings (SSSR count). The minimum absolute atomic E-state index is 0.0198. The first-order chi connectivity index (χ1) is 30.5. The molecule has 2 unspecified atom stereocenters. The van der Waals surface area contributed by atoms with Gasteiger partial charge in [0.05, 0.1) is 25.4 Å². The summed E-state index contributed by atoms with van der Waals surface area (Å²) in [6.45, 7) is 4.86. The molecule has 0 bridgehead atoms. The van der Waals surface area contributed by atoms with E-state index in [1.165, 1.54) is 212 Å². The van der Waals surface area contributed by atoms with Crippen LogP contribution in [0.25, 0.3) is 0 Å². The molecular formula is C56H107NO5. The molecule has 0 aliphatic heterocycles. The molecule has 6 heteroatoms. The van der Waals surface area contributed by atoms with Gasteiger partial charge in [0.1, 0.15) is 0 Å². The first-order valence-corrected chi connectivity index (χ1v) is 27.6. The highest BCUT2D eigenvalue weighted by Gasteiger charge is 2.18. The van der Waals surface area contributed by atoms with Crippen LogP contribution in [-0.2, 0) is 14.3 Å². The quantitative estimate of drug-likeness (QED) is 0.0321. The highest BCUT2D eigenvalue weighted by molar-refractivity contribution is 5.76. The number of nitrogens with one attached hydrogen (secondary N) is 1. The minimum Gasteiger partial charge on any atom is -0.466 e. The molecule has 0 aromatic carbocycles. The number of rotatable bonds is 51. The number of aliphatic hydroxyl groups is 2. The zero-order valence-corrected chi connectivity index (χ0v) is 41.6. The van der Waals surface area contributed by atoms with Gasteiger partial charge in [-0.25, -0.2) is 0 Å². The predicted molar refractivity (Wildman–Crippen MR) is 269 cm³/mol. The summed E-state index contributed by atoms with van der Waals surface area (Å²) in [6, 6.07) is -0.640. The summed E-state index contributed by atoms with van der Waals surface area (Å²) in [6.07, 6.45) is 61.8. The molecule has 62 heavy (non-hydrogen) atoms. The molecule has 0 aliphatic carbocycles. The van der Waals surface area contributed by atoms with Crippen LogP contribution in [0.4, 0.5) is 0 Å². The highest BCUT2D eigenvalue weighted by atomic mass is 16.5. The monoisotopic (exact) mass is 874 g/mol. The van der Waals surface area contributed by atoms with Gasteiger partial charge in [0.2, 0.25) is 5.91 Å². The minimum atomic E-state index is -0.855. The van der Waals surface area contributed by atoms with Crippen molar-refractivity contribution >= 4 is 11.9 Å². The van der Waals surface area contributed by atoms with Crippen molar-refractivity contribution < 1.29 is 24.5 Å². The Kier molecular flexibility index (Phi) is 50.6. The van der Waals surface area contributed by atoms with Crippen molar-refractivity contribution in [1.29, 1.82) is 0 Å². The van der Waals surface area contributed by atoms with E-state index in [-0.39, 0.29) is 18.5 Å². The second kappa shape index (κ2) is 52.0. The average Bonchev–Trinajstić information content (AvgIpc) is 3.27. The smallest absolute Gasteiger partial charge is 0.305 e. The number of carbonyl (C=O) groups excluding carboxylic acids is 2. The molecule has 366 valence electrons. The fraction of sp³-hybridized carbons (Fsp3) is 0.893. The third-order valence-corrected chi connectivity index (χ3v) is 12.7. The zero-order valence-electron chi connectivity index (χ0n) is 41.6. The average molecular weight is 874 g/mol. The Morgan fingerprint density at radius 2 is 0.758 bits per heavy atom. The Labute approximate surface area is 386 Å². The van der Waals surface area contributed by atoms with Crippen molar-refractivity contribution in [3.63, 3.8) is 0 Å². The molecule has 0 heterocycles. The Morgan fingerprint density at radius 1 is 0.435 bits per heavy atom. The summed E-state index contributed by atoms with van der Waals surface area (Å²) in [7, 11) is 0. The lowest BCUT2D eigenvalue weighted by molar-refractivity contribution is -0.143. The standard InChI is InChI=1S/C56H107NO5/c1-3-5-7-9-11-13-15-17-18-19-20-21-22-23-25-28-32-36-40-44-48-54(59)53(52-58)57-55(60)49-45-41-37-33-29-26-27-31-35-39-43-47-51-62-56(61)50-46-42-38-34-30-24-16-14-12-10-8-6-4-2/h14,16,44,48,53-54,58-59H,3-13,15,17-43,45-47,49-52H2,1-2H3,(H,57,60)/b16-14-,48-44+. The lowest BCUT2D eigenvalue weighted by atomic mass is 10.0. The van der Waals surface area contributed by atoms with Crippen molar-refractivity contribution in [2.75, 3.05) is 13.2 Å². The van der Waals surface area contributed by atoms with Crippen LogP contribution in [0.2, 0.25) is 0 Å². The molecule has 0 saturated carbocycles. The van der Waals surface area contributed by atoms with Crippen LogP contribution in [0.15, 0.2) is 24.3 Å². The lowest BCUT2D eigenvalue weighted by Crippen LogP contribution is -2.45. The number of ether oxygens (including phenoxy) is 1. The van der Waals surface area contributed by atoms with Gasteiger partial charge in [-0.1, -0.05) is 250 Å². The first kappa shape index (κ1) is 60.3. The van der Waals surface area contributed by atoms with Gasteiger partial charge in [-0.15, -0.1) is 0 Å². The van der Waals surface area contributed by atoms with E-state index < -0.39 is 12.1 Å². The van der Waals surface area contributed by atoms with Crippen molar-refractivity contribution in [2.24, 2.45) is 0 Å². The number of allylic oxidation sites excluding steroid dienone is 3. The number of unbranched alkanes of at least 4 members (excludes halogenated alkanes) is 38. The van der Waals surface area contributed by atoms with E-state index in [0.717, 1.165) is 57.8 Å². The lowest BCUT2D eigenvalue weighted by Gasteiger charge is -2.20. The molecule has 3 N–H and O–H groups in total. The summed E-state index contributed by atoms with van der Waals surface area (Å²) in [4.78, 5) is 24.5. The number of amides is 1. The number of hydrogen-bond donors (Lipinski definition) is 3. The molecular weight excluding hydrogens is 767 g/mol. The van der Waals surface area contributed by atoms with Crippen molar-refractivity contribution in [3.8, 4) is 0 Å². The molecule has 6 nitrogen and oxygen atoms in total. The normalized spacial score (nSPS) is 12.8. The van der Waals surface area contributed by atoms with Crippen LogP contribution in [0, 0.1) is 0 Å². The van der Waals surface area contributed by atoms with Crippen LogP contribution < -0.4 is 5.32 Å². The van der Waals surface area contributed by atoms with Gasteiger partial charge in [0.15, 0.2) is 0 Å². The summed E-state index contributed by atoms with van der Waals surface area (Å²) < 4.78 is 5.45. The summed E-state index contributed by atoms with van der Waals surface area (Å²) in [5.41, 5.74) is 0. The van der Waals surface area contributed by atoms with Crippen LogP contribution in [0.5, 0.6) is 0 Å². The SMILES string of the molecule is CCCCCC/C=C\CCCCCCCC(=O)OCCCCCCCCCCCCCCC(=O)NC(CO)C(O)/C=C/CCCCCCCCCCCCCCCCCCCC. The van der Waals surface area contributed by atoms with Crippen LogP contribution >= 0.6 is 0 Å². The molecule has 0 aromatic rings. The van der Waals surface area contributed by atoms with Gasteiger partial charge >= 0.3 is 5.97 Å². The van der Waals surface area contributed by atoms with E-state index in [1.807, 2.05) is 6.08 Å². The second-order valence-electron chi connectivity index (χ2n) is 18.9. The highest BCUT2D eigenvalue weighted by Crippen LogP contribution is 2.16. The molecule has 2 atom stereocenters. The largest absolute Gasteiger partial charge is 0.466 e. The number of hydrogen-bond acceptors (Lipinski definition) is 5. The molecule has 0 fully saturated rings. The van der Waals surface area contributed by atoms with Gasteiger partial charge in [0.25, 0.3) is 0 Å². The molecule has 0 radical (unpaired) electrons. The number of esters is 1. The molecule has 0 saturated heterocycles. The fourth-order valence-corrected chi connectivity index (χ4v) is 8.45. The summed E-state index contributed by atoms with van der Waals surface area (Å²) in [5.74, 6) is -0.102. The Bertz CT molecular complexity index is 966. The molecule has 0 aliphatic rings. The van der Waals surface area contributed by atoms with E-state index in [0.29, 0.717) is 19.4 Å². The summed E-state index contributed by atoms with van der Waals surface area (Å²) >= 11 is 0. The number of aliphatic hydroxyl groups excluding tert-OH is 2. The van der Waals surface area contributed by atoms with Gasteiger partial charge in [0, 0.05) is 12.8 Å². The van der Waals surface area contributed by atoms with E-state index >= 15 is 0 Å². The molecule has 1 amide bonds. The maximum Gasteiger partial charge on any atom is 0.305 e. The van der Waals surface area contributed by atoms with Crippen molar-refractivity contribution in [1.82, 2.24) is 5.32 Å². The first-order valence-electron chi connectivity index (χ1n) is 27.6. The van der Waals surface area contributed by atoms with Crippen molar-refractivity contribution in [2.45, 2.75) is 309 Å². The van der Waals surface area contributed by atoms with Crippen molar-refractivity contribution in [3.05, 3.63) is 24.3 Å². The molecule has 0 aromatic heterocycles. The van der Waals surface area contributed by atoms with Gasteiger partial charge < -0.3 is 20.3 Å². The van der Waals surface area contributed by atoms with E-state index in [9.17, 15) is 19.8 Å². The van der Waals surface area contributed by atoms with Crippen LogP contribution in [0.3, 0.4) is 0 Å². The van der Waals surface area contributed by atoms with E-state index in [2.05, 4.69) is 31.3 Å². The third-order valence-electron chi connectivity index (χ3n) is 12.7. The maximum absolute atomic E-state index is 12.5. The van der Waals surface area contributed by atoms with Crippen LogP contribution in [-0.4, -0.2) is 47.4 Å².